The molecule has 0 aromatic carbocycles. The van der Waals surface area contributed by atoms with E-state index >= 15 is 0 Å². The summed E-state index contributed by atoms with van der Waals surface area (Å²) >= 11 is 1.40. The summed E-state index contributed by atoms with van der Waals surface area (Å²) in [6, 6.07) is 1.93. The van der Waals surface area contributed by atoms with Gasteiger partial charge in [0.15, 0.2) is 0 Å². The van der Waals surface area contributed by atoms with Crippen LogP contribution >= 0.6 is 11.8 Å². The number of hydrogen-bond acceptors (Lipinski definition) is 8. The molecule has 1 aliphatic rings. The van der Waals surface area contributed by atoms with Crippen LogP contribution in [0, 0.1) is 12.8 Å². The molecule has 0 aliphatic carbocycles. The summed E-state index contributed by atoms with van der Waals surface area (Å²) in [5.74, 6) is 2.21. The van der Waals surface area contributed by atoms with Crippen LogP contribution in [0.4, 0.5) is 11.6 Å². The van der Waals surface area contributed by atoms with Gasteiger partial charge in [0, 0.05) is 50.4 Å². The molecule has 0 spiro atoms. The molecule has 2 heterocycles. The van der Waals surface area contributed by atoms with Gasteiger partial charge in [0.25, 0.3) is 0 Å². The maximum absolute atomic E-state index is 13.1. The summed E-state index contributed by atoms with van der Waals surface area (Å²) in [7, 11) is 0. The summed E-state index contributed by atoms with van der Waals surface area (Å²) in [5.41, 5.74) is 1.81. The Labute approximate surface area is 220 Å². The van der Waals surface area contributed by atoms with Crippen molar-refractivity contribution in [2.45, 2.75) is 46.3 Å². The summed E-state index contributed by atoms with van der Waals surface area (Å²) in [6.45, 7) is 22.2. The number of rotatable bonds is 13. The number of carbonyl (C=O) groups excluding carboxylic acids is 1. The van der Waals surface area contributed by atoms with Gasteiger partial charge in [0.05, 0.1) is 16.9 Å². The number of aryl methyl sites for hydroxylation is 1. The lowest BCUT2D eigenvalue weighted by molar-refractivity contribution is -0.120. The number of aliphatic hydroxyl groups excluding tert-OH is 1. The number of piperazine rings is 1. The van der Waals surface area contributed by atoms with Crippen molar-refractivity contribution in [1.29, 1.82) is 0 Å². The Kier molecular flexibility index (Phi) is 12.2. The minimum absolute atomic E-state index is 0.0571. The summed E-state index contributed by atoms with van der Waals surface area (Å²) < 4.78 is 0. The highest BCUT2D eigenvalue weighted by Crippen LogP contribution is 2.27. The zero-order valence-electron chi connectivity index (χ0n) is 22.4. The van der Waals surface area contributed by atoms with Crippen LogP contribution in [0.15, 0.2) is 53.8 Å². The lowest BCUT2D eigenvalue weighted by Gasteiger charge is -2.35. The molecule has 8 nitrogen and oxygen atoms in total. The number of hydrogen-bond donors (Lipinski definition) is 3. The number of nitrogens with zero attached hydrogens (tertiary/aromatic N) is 4. The molecule has 1 fully saturated rings. The van der Waals surface area contributed by atoms with Crippen molar-refractivity contribution in [3.8, 4) is 0 Å². The van der Waals surface area contributed by atoms with E-state index in [9.17, 15) is 4.79 Å². The second-order valence-electron chi connectivity index (χ2n) is 8.88. The van der Waals surface area contributed by atoms with Crippen LogP contribution < -0.4 is 15.5 Å². The van der Waals surface area contributed by atoms with Gasteiger partial charge in [-0.15, -0.1) is 0 Å². The Hall–Kier alpha value is -2.62. The second kappa shape index (κ2) is 14.8. The third kappa shape index (κ3) is 8.80. The Balaban J connectivity index is 2.05. The predicted octanol–water partition coefficient (Wildman–Crippen LogP) is 4.08. The third-order valence-corrected chi connectivity index (χ3v) is 7.30. The molecule has 1 aromatic rings. The number of β-amino-alcohol motifs (C(OH)–C–C–N with tert-alkyl or cyclic N) is 1. The molecule has 1 aromatic heterocycles. The van der Waals surface area contributed by atoms with Crippen LogP contribution in [0.2, 0.25) is 0 Å². The summed E-state index contributed by atoms with van der Waals surface area (Å²) in [5, 5.41) is 15.9. The van der Waals surface area contributed by atoms with Crippen LogP contribution in [0.1, 0.15) is 39.9 Å². The van der Waals surface area contributed by atoms with Crippen LogP contribution in [0.3, 0.4) is 0 Å². The number of anilines is 2. The van der Waals surface area contributed by atoms with Crippen molar-refractivity contribution in [3.63, 3.8) is 0 Å². The lowest BCUT2D eigenvalue weighted by Crippen LogP contribution is -2.47. The average molecular weight is 515 g/mol. The monoisotopic (exact) mass is 514 g/mol. The molecule has 9 heteroatoms. The number of amides is 1. The fourth-order valence-corrected chi connectivity index (χ4v) is 4.91. The van der Waals surface area contributed by atoms with E-state index in [1.54, 1.807) is 6.08 Å². The molecule has 0 saturated carbocycles. The van der Waals surface area contributed by atoms with E-state index in [1.807, 2.05) is 39.8 Å². The largest absolute Gasteiger partial charge is 0.395 e. The molecule has 2 rings (SSSR count). The SMILES string of the molecule is C=C/C(C)=C(/NC(=O)C(CC)SC(=C)Nc1cc(N2CCN(CCO)CC2)nc(C)n1)C(C)/C=C\C. The number of allylic oxidation sites excluding steroid dienone is 4. The first kappa shape index (κ1) is 29.6. The Morgan fingerprint density at radius 3 is 2.58 bits per heavy atom. The second-order valence-corrected chi connectivity index (χ2v) is 10.2. The van der Waals surface area contributed by atoms with Crippen LogP contribution in [-0.2, 0) is 4.79 Å². The molecule has 2 unspecified atom stereocenters. The normalized spacial score (nSPS) is 16.9. The molecule has 1 aliphatic heterocycles. The fraction of sp³-hybridized carbons (Fsp3) is 0.519. The smallest absolute Gasteiger partial charge is 0.237 e. The van der Waals surface area contributed by atoms with Gasteiger partial charge in [-0.05, 0) is 32.8 Å². The van der Waals surface area contributed by atoms with Crippen molar-refractivity contribution < 1.29 is 9.90 Å². The minimum atomic E-state index is -0.308. The molecule has 1 saturated heterocycles. The van der Waals surface area contributed by atoms with Crippen molar-refractivity contribution in [2.24, 2.45) is 5.92 Å². The summed E-state index contributed by atoms with van der Waals surface area (Å²) in [6.07, 6.45) is 6.46. The topological polar surface area (TPSA) is 93.6 Å². The number of thioether (sulfide) groups is 1. The maximum atomic E-state index is 13.1. The van der Waals surface area contributed by atoms with Crippen LogP contribution in [-0.4, -0.2) is 70.5 Å². The van der Waals surface area contributed by atoms with Gasteiger partial charge in [-0.3, -0.25) is 9.69 Å². The highest BCUT2D eigenvalue weighted by molar-refractivity contribution is 8.04. The van der Waals surface area contributed by atoms with Gasteiger partial charge in [-0.25, -0.2) is 9.97 Å². The van der Waals surface area contributed by atoms with Crippen LogP contribution in [0.5, 0.6) is 0 Å². The Bertz CT molecular complexity index is 969. The van der Waals surface area contributed by atoms with Crippen molar-refractivity contribution in [1.82, 2.24) is 20.2 Å². The molecular formula is C27H42N6O2S. The van der Waals surface area contributed by atoms with E-state index in [0.717, 1.165) is 43.3 Å². The predicted molar refractivity (Wildman–Crippen MR) is 152 cm³/mol. The molecule has 3 N–H and O–H groups in total. The molecule has 0 bridgehead atoms. The maximum Gasteiger partial charge on any atom is 0.237 e. The third-order valence-electron chi connectivity index (χ3n) is 6.08. The molecule has 36 heavy (non-hydrogen) atoms. The van der Waals surface area contributed by atoms with Crippen molar-refractivity contribution in [3.05, 3.63) is 59.6 Å². The number of carbonyl (C=O) groups is 1. The first-order chi connectivity index (χ1) is 17.2. The first-order valence-corrected chi connectivity index (χ1v) is 13.4. The van der Waals surface area contributed by atoms with E-state index in [2.05, 4.69) is 56.6 Å². The highest BCUT2D eigenvalue weighted by Gasteiger charge is 2.22. The van der Waals surface area contributed by atoms with Crippen molar-refractivity contribution >= 4 is 29.3 Å². The van der Waals surface area contributed by atoms with E-state index in [4.69, 9.17) is 5.11 Å². The van der Waals surface area contributed by atoms with Gasteiger partial charge < -0.3 is 20.6 Å². The lowest BCUT2D eigenvalue weighted by atomic mass is 10.0. The quantitative estimate of drug-likeness (QED) is 0.268. The molecule has 198 valence electrons. The minimum Gasteiger partial charge on any atom is -0.395 e. The highest BCUT2D eigenvalue weighted by atomic mass is 32.2. The van der Waals surface area contributed by atoms with E-state index in [-0.39, 0.29) is 23.7 Å². The van der Waals surface area contributed by atoms with Gasteiger partial charge in [0.1, 0.15) is 17.5 Å². The first-order valence-electron chi connectivity index (χ1n) is 12.6. The van der Waals surface area contributed by atoms with Gasteiger partial charge in [-0.2, -0.15) is 0 Å². The zero-order valence-corrected chi connectivity index (χ0v) is 23.2. The molecule has 1 amide bonds. The fourth-order valence-electron chi connectivity index (χ4n) is 4.07. The Morgan fingerprint density at radius 2 is 2.00 bits per heavy atom. The van der Waals surface area contributed by atoms with Gasteiger partial charge in [0.2, 0.25) is 5.91 Å². The molecular weight excluding hydrogens is 472 g/mol. The van der Waals surface area contributed by atoms with E-state index < -0.39 is 0 Å². The average Bonchev–Trinajstić information content (AvgIpc) is 2.85. The van der Waals surface area contributed by atoms with Crippen molar-refractivity contribution in [2.75, 3.05) is 49.5 Å². The molecule has 0 radical (unpaired) electrons. The number of aromatic nitrogens is 2. The number of nitrogens with one attached hydrogen (secondary N) is 2. The standard InChI is InChI=1S/C27H42N6O2S/c1-8-11-20(5)26(19(4)9-2)31-27(35)23(10-3)36-22(7)30-24-18-25(29-21(6)28-24)33-14-12-32(13-15-33)16-17-34/h8-9,11,18,20,23,34H,2,7,10,12-17H2,1,3-6H3,(H,31,35)(H,28,29,30)/b11-8-,26-19+. The van der Waals surface area contributed by atoms with E-state index in [0.29, 0.717) is 29.6 Å². The van der Waals surface area contributed by atoms with Crippen LogP contribution in [0.25, 0.3) is 0 Å². The van der Waals surface area contributed by atoms with Gasteiger partial charge >= 0.3 is 0 Å². The Morgan fingerprint density at radius 1 is 1.31 bits per heavy atom. The number of aliphatic hydroxyl groups is 1. The molecule has 2 atom stereocenters. The zero-order chi connectivity index (χ0) is 26.7. The van der Waals surface area contributed by atoms with E-state index in [1.165, 1.54) is 11.8 Å². The summed E-state index contributed by atoms with van der Waals surface area (Å²) in [4.78, 5) is 26.8. The van der Waals surface area contributed by atoms with Gasteiger partial charge in [-0.1, -0.05) is 57.0 Å².